The number of hydrogen-bond donors (Lipinski definition) is 2. The Morgan fingerprint density at radius 2 is 2.04 bits per heavy atom. The van der Waals surface area contributed by atoms with E-state index in [0.29, 0.717) is 18.8 Å². The van der Waals surface area contributed by atoms with Gasteiger partial charge in [-0.2, -0.15) is 0 Å². The maximum atomic E-state index is 12.6. The highest BCUT2D eigenvalue weighted by molar-refractivity contribution is 5.96. The zero-order valence-electron chi connectivity index (χ0n) is 13.3. The van der Waals surface area contributed by atoms with Crippen molar-refractivity contribution < 1.29 is 14.7 Å². The Morgan fingerprint density at radius 1 is 1.35 bits per heavy atom. The lowest BCUT2D eigenvalue weighted by atomic mass is 10.1. The lowest BCUT2D eigenvalue weighted by Gasteiger charge is -2.34. The van der Waals surface area contributed by atoms with Crippen LogP contribution in [0, 0.1) is 5.92 Å². The van der Waals surface area contributed by atoms with Crippen LogP contribution in [-0.2, 0) is 17.9 Å². The highest BCUT2D eigenvalue weighted by Gasteiger charge is 2.32. The maximum absolute atomic E-state index is 12.6. The van der Waals surface area contributed by atoms with Gasteiger partial charge in [-0.25, -0.2) is 0 Å². The summed E-state index contributed by atoms with van der Waals surface area (Å²) in [5, 5.41) is 12.8. The number of aromatic hydroxyl groups is 1. The van der Waals surface area contributed by atoms with Crippen LogP contribution in [0.3, 0.4) is 0 Å². The second-order valence-corrected chi connectivity index (χ2v) is 6.43. The lowest BCUT2D eigenvalue weighted by molar-refractivity contribution is -0.122. The molecular formula is C16H21N3O4. The molecule has 0 unspecified atom stereocenters. The Bertz CT molecular complexity index is 719. The van der Waals surface area contributed by atoms with E-state index in [9.17, 15) is 19.5 Å². The quantitative estimate of drug-likeness (QED) is 0.842. The number of nitrogens with zero attached hydrogens (tertiary/aromatic N) is 2. The lowest BCUT2D eigenvalue weighted by Crippen LogP contribution is -2.46. The Balaban J connectivity index is 1.93. The fourth-order valence-electron chi connectivity index (χ4n) is 2.91. The molecule has 7 nitrogen and oxygen atoms in total. The highest BCUT2D eigenvalue weighted by Crippen LogP contribution is 2.29. The molecule has 124 valence electrons. The van der Waals surface area contributed by atoms with Crippen LogP contribution in [0.15, 0.2) is 10.9 Å². The third kappa shape index (κ3) is 2.83. The zero-order valence-corrected chi connectivity index (χ0v) is 13.3. The average Bonchev–Trinajstić information content (AvgIpc) is 3.33. The normalized spacial score (nSPS) is 17.3. The molecular weight excluding hydrogens is 298 g/mol. The van der Waals surface area contributed by atoms with E-state index < -0.39 is 11.2 Å². The minimum Gasteiger partial charge on any atom is -0.503 e. The molecule has 2 heterocycles. The molecule has 1 aromatic heterocycles. The number of carbonyl (C=O) groups excluding carboxylic acids is 2. The van der Waals surface area contributed by atoms with Crippen molar-refractivity contribution in [2.24, 2.45) is 5.92 Å². The summed E-state index contributed by atoms with van der Waals surface area (Å²) < 4.78 is 1.64. The molecule has 2 N–H and O–H groups in total. The van der Waals surface area contributed by atoms with Crippen LogP contribution in [0.4, 0.5) is 0 Å². The molecule has 1 saturated carbocycles. The van der Waals surface area contributed by atoms with Gasteiger partial charge in [-0.1, -0.05) is 0 Å². The first-order valence-electron chi connectivity index (χ1n) is 7.94. The first kappa shape index (κ1) is 15.6. The van der Waals surface area contributed by atoms with Gasteiger partial charge in [0.05, 0.1) is 6.54 Å². The molecule has 1 fully saturated rings. The van der Waals surface area contributed by atoms with Crippen molar-refractivity contribution in [2.75, 3.05) is 6.54 Å². The molecule has 3 rings (SSSR count). The summed E-state index contributed by atoms with van der Waals surface area (Å²) in [6.45, 7) is 4.97. The van der Waals surface area contributed by atoms with Crippen LogP contribution < -0.4 is 10.7 Å². The van der Waals surface area contributed by atoms with Gasteiger partial charge >= 0.3 is 0 Å². The third-order valence-corrected chi connectivity index (χ3v) is 4.42. The number of fused-ring (bicyclic) bond motifs is 1. The summed E-state index contributed by atoms with van der Waals surface area (Å²) in [7, 11) is 0. The SMILES string of the molecule is CC(C)N1CCn2c(CNC(=O)C3CC3)cc(=O)c(O)c2C1=O. The van der Waals surface area contributed by atoms with E-state index >= 15 is 0 Å². The van der Waals surface area contributed by atoms with Gasteiger partial charge in [0.1, 0.15) is 0 Å². The molecule has 7 heteroatoms. The molecule has 1 aliphatic carbocycles. The molecule has 2 amide bonds. The van der Waals surface area contributed by atoms with Crippen LogP contribution >= 0.6 is 0 Å². The minimum atomic E-state index is -0.592. The summed E-state index contributed by atoms with van der Waals surface area (Å²) >= 11 is 0. The molecule has 0 spiro atoms. The highest BCUT2D eigenvalue weighted by atomic mass is 16.3. The second-order valence-electron chi connectivity index (χ2n) is 6.43. The summed E-state index contributed by atoms with van der Waals surface area (Å²) in [6, 6.07) is 1.29. The van der Waals surface area contributed by atoms with Gasteiger partial charge in [0.25, 0.3) is 5.91 Å². The van der Waals surface area contributed by atoms with Crippen molar-refractivity contribution in [1.29, 1.82) is 0 Å². The maximum Gasteiger partial charge on any atom is 0.274 e. The van der Waals surface area contributed by atoms with Gasteiger partial charge in [-0.05, 0) is 26.7 Å². The summed E-state index contributed by atoms with van der Waals surface area (Å²) in [5.41, 5.74) is -0.0208. The number of pyridine rings is 1. The van der Waals surface area contributed by atoms with E-state index in [2.05, 4.69) is 5.32 Å². The molecule has 0 aromatic carbocycles. The van der Waals surface area contributed by atoms with Gasteiger partial charge in [0, 0.05) is 36.8 Å². The van der Waals surface area contributed by atoms with Gasteiger partial charge < -0.3 is 19.9 Å². The molecule has 0 saturated heterocycles. The van der Waals surface area contributed by atoms with Crippen molar-refractivity contribution in [1.82, 2.24) is 14.8 Å². The standard InChI is InChI=1S/C16H21N3O4/c1-9(2)18-5-6-19-11(8-17-15(22)10-3-4-10)7-12(20)14(21)13(19)16(18)23/h7,9-10,21H,3-6,8H2,1-2H3,(H,17,22). The van der Waals surface area contributed by atoms with Crippen LogP contribution in [0.2, 0.25) is 0 Å². The molecule has 1 aromatic rings. The fourth-order valence-corrected chi connectivity index (χ4v) is 2.91. The Morgan fingerprint density at radius 3 is 2.65 bits per heavy atom. The smallest absolute Gasteiger partial charge is 0.274 e. The van der Waals surface area contributed by atoms with E-state index in [4.69, 9.17) is 0 Å². The van der Waals surface area contributed by atoms with Crippen LogP contribution in [0.1, 0.15) is 42.9 Å². The van der Waals surface area contributed by atoms with Gasteiger partial charge in [0.2, 0.25) is 11.3 Å². The molecule has 1 aliphatic heterocycles. The van der Waals surface area contributed by atoms with Crippen LogP contribution in [0.25, 0.3) is 0 Å². The largest absolute Gasteiger partial charge is 0.503 e. The van der Waals surface area contributed by atoms with Crippen molar-refractivity contribution in [3.05, 3.63) is 27.7 Å². The summed E-state index contributed by atoms with van der Waals surface area (Å²) in [6.07, 6.45) is 1.81. The van der Waals surface area contributed by atoms with E-state index in [1.807, 2.05) is 13.8 Å². The third-order valence-electron chi connectivity index (χ3n) is 4.42. The van der Waals surface area contributed by atoms with Crippen LogP contribution in [-0.4, -0.2) is 39.0 Å². The number of nitrogens with one attached hydrogen (secondary N) is 1. The molecule has 0 bridgehead atoms. The predicted molar refractivity (Wildman–Crippen MR) is 83.1 cm³/mol. The molecule has 0 atom stereocenters. The van der Waals surface area contributed by atoms with E-state index in [1.54, 1.807) is 9.47 Å². The number of amides is 2. The second kappa shape index (κ2) is 5.72. The van der Waals surface area contributed by atoms with Crippen molar-refractivity contribution >= 4 is 11.8 Å². The van der Waals surface area contributed by atoms with Crippen molar-refractivity contribution in [3.8, 4) is 5.75 Å². The zero-order chi connectivity index (χ0) is 16.7. The topological polar surface area (TPSA) is 91.6 Å². The van der Waals surface area contributed by atoms with E-state index in [0.717, 1.165) is 12.8 Å². The predicted octanol–water partition coefficient (Wildman–Crippen LogP) is 0.444. The Kier molecular flexibility index (Phi) is 3.87. The first-order valence-corrected chi connectivity index (χ1v) is 7.94. The van der Waals surface area contributed by atoms with Gasteiger partial charge in [-0.15, -0.1) is 0 Å². The van der Waals surface area contributed by atoms with Crippen molar-refractivity contribution in [3.63, 3.8) is 0 Å². The molecule has 2 aliphatic rings. The molecule has 0 radical (unpaired) electrons. The Hall–Kier alpha value is -2.31. The number of aromatic nitrogens is 1. The average molecular weight is 319 g/mol. The van der Waals surface area contributed by atoms with Gasteiger partial charge in [0.15, 0.2) is 11.4 Å². The van der Waals surface area contributed by atoms with Crippen molar-refractivity contribution in [2.45, 2.75) is 45.8 Å². The molecule has 23 heavy (non-hydrogen) atoms. The monoisotopic (exact) mass is 319 g/mol. The van der Waals surface area contributed by atoms with Gasteiger partial charge in [-0.3, -0.25) is 14.4 Å². The minimum absolute atomic E-state index is 0.0102. The van der Waals surface area contributed by atoms with E-state index in [-0.39, 0.29) is 36.0 Å². The Labute approximate surface area is 133 Å². The summed E-state index contributed by atoms with van der Waals surface area (Å²) in [4.78, 5) is 37.9. The summed E-state index contributed by atoms with van der Waals surface area (Å²) in [5.74, 6) is -0.808. The fraction of sp³-hybridized carbons (Fsp3) is 0.562. The number of carbonyl (C=O) groups is 2. The van der Waals surface area contributed by atoms with Crippen LogP contribution in [0.5, 0.6) is 5.75 Å². The number of rotatable bonds is 4. The first-order chi connectivity index (χ1) is 10.9. The number of hydrogen-bond acceptors (Lipinski definition) is 4. The van der Waals surface area contributed by atoms with E-state index in [1.165, 1.54) is 6.07 Å².